The standard InChI is InChI=1S/C22H20N4O2/c1-26-19-10-6-5-9-18(19)24-20(26)13-14-23-21(27)16-11-12-17(25-22(16)28)15-7-3-2-4-8-15/h2-12H,13-14H2,1H3,(H,23,27)(H,25,28). The molecule has 0 unspecified atom stereocenters. The minimum atomic E-state index is -0.401. The SMILES string of the molecule is Cn1c(CCNC(=O)c2ccc(-c3ccccc3)[nH]c2=O)nc2ccccc21. The fraction of sp³-hybridized carbons (Fsp3) is 0.136. The Labute approximate surface area is 161 Å². The van der Waals surface area contributed by atoms with Crippen LogP contribution < -0.4 is 10.9 Å². The summed E-state index contributed by atoms with van der Waals surface area (Å²) in [4.78, 5) is 32.1. The molecule has 2 aromatic carbocycles. The molecule has 0 atom stereocenters. The van der Waals surface area contributed by atoms with E-state index in [9.17, 15) is 9.59 Å². The summed E-state index contributed by atoms with van der Waals surface area (Å²) in [6.07, 6.45) is 0.580. The quantitative estimate of drug-likeness (QED) is 0.565. The molecule has 0 aliphatic rings. The molecule has 6 heteroatoms. The van der Waals surface area contributed by atoms with Crippen molar-refractivity contribution >= 4 is 16.9 Å². The molecule has 0 saturated heterocycles. The molecule has 2 heterocycles. The maximum absolute atomic E-state index is 12.4. The van der Waals surface area contributed by atoms with Crippen molar-refractivity contribution < 1.29 is 4.79 Å². The number of pyridine rings is 1. The van der Waals surface area contributed by atoms with Crippen molar-refractivity contribution in [2.24, 2.45) is 7.05 Å². The number of carbonyl (C=O) groups excluding carboxylic acids is 1. The molecule has 140 valence electrons. The number of hydrogen-bond acceptors (Lipinski definition) is 3. The number of imidazole rings is 1. The van der Waals surface area contributed by atoms with Crippen LogP contribution >= 0.6 is 0 Å². The number of aromatic amines is 1. The fourth-order valence-corrected chi connectivity index (χ4v) is 3.24. The summed E-state index contributed by atoms with van der Waals surface area (Å²) in [6, 6.07) is 20.7. The minimum Gasteiger partial charge on any atom is -0.351 e. The lowest BCUT2D eigenvalue weighted by molar-refractivity contribution is 0.0952. The third kappa shape index (κ3) is 3.44. The van der Waals surface area contributed by atoms with Gasteiger partial charge in [0, 0.05) is 25.7 Å². The van der Waals surface area contributed by atoms with E-state index in [1.54, 1.807) is 12.1 Å². The van der Waals surface area contributed by atoms with Crippen molar-refractivity contribution in [2.75, 3.05) is 6.54 Å². The predicted molar refractivity (Wildman–Crippen MR) is 109 cm³/mol. The van der Waals surface area contributed by atoms with E-state index in [-0.39, 0.29) is 11.5 Å². The van der Waals surface area contributed by atoms with E-state index in [4.69, 9.17) is 0 Å². The number of nitrogens with one attached hydrogen (secondary N) is 2. The number of aryl methyl sites for hydroxylation is 1. The van der Waals surface area contributed by atoms with Gasteiger partial charge in [0.2, 0.25) is 0 Å². The monoisotopic (exact) mass is 372 g/mol. The Morgan fingerprint density at radius 2 is 1.79 bits per heavy atom. The molecule has 0 spiro atoms. The largest absolute Gasteiger partial charge is 0.351 e. The van der Waals surface area contributed by atoms with Crippen LogP contribution in [-0.2, 0) is 13.5 Å². The van der Waals surface area contributed by atoms with Gasteiger partial charge in [-0.1, -0.05) is 42.5 Å². The fourth-order valence-electron chi connectivity index (χ4n) is 3.24. The number of fused-ring (bicyclic) bond motifs is 1. The van der Waals surface area contributed by atoms with Crippen molar-refractivity contribution in [1.82, 2.24) is 19.9 Å². The molecule has 6 nitrogen and oxygen atoms in total. The number of H-pyrrole nitrogens is 1. The number of benzene rings is 2. The Kier molecular flexibility index (Phi) is 4.76. The second-order valence-corrected chi connectivity index (χ2v) is 6.56. The first kappa shape index (κ1) is 17.7. The summed E-state index contributed by atoms with van der Waals surface area (Å²) in [5.41, 5.74) is 3.26. The zero-order valence-electron chi connectivity index (χ0n) is 15.5. The van der Waals surface area contributed by atoms with Gasteiger partial charge in [0.15, 0.2) is 0 Å². The molecular weight excluding hydrogens is 352 g/mol. The lowest BCUT2D eigenvalue weighted by Crippen LogP contribution is -2.31. The molecule has 4 aromatic rings. The lowest BCUT2D eigenvalue weighted by Gasteiger charge is -2.07. The van der Waals surface area contributed by atoms with Gasteiger partial charge in [0.25, 0.3) is 11.5 Å². The minimum absolute atomic E-state index is 0.102. The van der Waals surface area contributed by atoms with Crippen LogP contribution in [0.15, 0.2) is 71.5 Å². The highest BCUT2D eigenvalue weighted by atomic mass is 16.2. The van der Waals surface area contributed by atoms with Crippen LogP contribution in [0.3, 0.4) is 0 Å². The summed E-state index contributed by atoms with van der Waals surface area (Å²) >= 11 is 0. The molecule has 4 rings (SSSR count). The van der Waals surface area contributed by atoms with Crippen LogP contribution in [-0.4, -0.2) is 27.0 Å². The molecular formula is C22H20N4O2. The number of rotatable bonds is 5. The van der Waals surface area contributed by atoms with E-state index < -0.39 is 5.56 Å². The molecule has 0 bridgehead atoms. The summed E-state index contributed by atoms with van der Waals surface area (Å²) in [5.74, 6) is 0.495. The van der Waals surface area contributed by atoms with Gasteiger partial charge in [-0.25, -0.2) is 4.98 Å². The van der Waals surface area contributed by atoms with Crippen LogP contribution in [0.5, 0.6) is 0 Å². The molecule has 0 radical (unpaired) electrons. The molecule has 2 aromatic heterocycles. The van der Waals surface area contributed by atoms with E-state index in [2.05, 4.69) is 15.3 Å². The van der Waals surface area contributed by atoms with Gasteiger partial charge >= 0.3 is 0 Å². The molecule has 28 heavy (non-hydrogen) atoms. The molecule has 1 amide bonds. The Hall–Kier alpha value is -3.67. The first-order chi connectivity index (χ1) is 13.6. The van der Waals surface area contributed by atoms with Crippen molar-refractivity contribution in [2.45, 2.75) is 6.42 Å². The number of carbonyl (C=O) groups is 1. The van der Waals surface area contributed by atoms with Crippen molar-refractivity contribution in [3.05, 3.63) is 88.5 Å². The first-order valence-electron chi connectivity index (χ1n) is 9.11. The van der Waals surface area contributed by atoms with E-state index in [1.165, 1.54) is 0 Å². The van der Waals surface area contributed by atoms with E-state index in [0.717, 1.165) is 22.4 Å². The number of aromatic nitrogens is 3. The zero-order valence-corrected chi connectivity index (χ0v) is 15.5. The molecule has 0 fully saturated rings. The average molecular weight is 372 g/mol. The molecule has 0 saturated carbocycles. The van der Waals surface area contributed by atoms with Crippen LogP contribution in [0.1, 0.15) is 16.2 Å². The molecule has 2 N–H and O–H groups in total. The maximum atomic E-state index is 12.4. The van der Waals surface area contributed by atoms with Crippen LogP contribution in [0.25, 0.3) is 22.3 Å². The highest BCUT2D eigenvalue weighted by Gasteiger charge is 2.12. The van der Waals surface area contributed by atoms with Crippen LogP contribution in [0.2, 0.25) is 0 Å². The first-order valence-corrected chi connectivity index (χ1v) is 9.11. The number of para-hydroxylation sites is 2. The van der Waals surface area contributed by atoms with E-state index >= 15 is 0 Å². The summed E-state index contributed by atoms with van der Waals surface area (Å²) in [5, 5.41) is 2.81. The second kappa shape index (κ2) is 7.52. The Morgan fingerprint density at radius 1 is 1.04 bits per heavy atom. The number of amides is 1. The van der Waals surface area contributed by atoms with Gasteiger partial charge < -0.3 is 14.9 Å². The van der Waals surface area contributed by atoms with Gasteiger partial charge in [0.1, 0.15) is 11.4 Å². The Bertz CT molecular complexity index is 1190. The topological polar surface area (TPSA) is 79.8 Å². The highest BCUT2D eigenvalue weighted by molar-refractivity contribution is 5.94. The summed E-state index contributed by atoms with van der Waals surface area (Å²) < 4.78 is 2.02. The third-order valence-corrected chi connectivity index (χ3v) is 4.75. The smallest absolute Gasteiger partial charge is 0.261 e. The van der Waals surface area contributed by atoms with Crippen molar-refractivity contribution in [1.29, 1.82) is 0 Å². The van der Waals surface area contributed by atoms with E-state index in [1.807, 2.05) is 66.2 Å². The van der Waals surface area contributed by atoms with Gasteiger partial charge in [-0.2, -0.15) is 0 Å². The van der Waals surface area contributed by atoms with Gasteiger partial charge in [0.05, 0.1) is 11.0 Å². The number of hydrogen-bond donors (Lipinski definition) is 2. The van der Waals surface area contributed by atoms with Crippen LogP contribution in [0, 0.1) is 0 Å². The molecule has 0 aliphatic carbocycles. The van der Waals surface area contributed by atoms with Crippen molar-refractivity contribution in [3.63, 3.8) is 0 Å². The summed E-state index contributed by atoms with van der Waals surface area (Å²) in [6.45, 7) is 0.399. The molecule has 0 aliphatic heterocycles. The normalized spacial score (nSPS) is 10.9. The second-order valence-electron chi connectivity index (χ2n) is 6.56. The lowest BCUT2D eigenvalue weighted by atomic mass is 10.1. The van der Waals surface area contributed by atoms with Crippen molar-refractivity contribution in [3.8, 4) is 11.3 Å². The van der Waals surface area contributed by atoms with Gasteiger partial charge in [-0.05, 0) is 29.8 Å². The average Bonchev–Trinajstić information content (AvgIpc) is 3.04. The van der Waals surface area contributed by atoms with Gasteiger partial charge in [-0.15, -0.1) is 0 Å². The van der Waals surface area contributed by atoms with Gasteiger partial charge in [-0.3, -0.25) is 9.59 Å². The van der Waals surface area contributed by atoms with E-state index in [0.29, 0.717) is 18.7 Å². The Morgan fingerprint density at radius 3 is 2.54 bits per heavy atom. The van der Waals surface area contributed by atoms with Crippen LogP contribution in [0.4, 0.5) is 0 Å². The zero-order chi connectivity index (χ0) is 19.5. The third-order valence-electron chi connectivity index (χ3n) is 4.75. The highest BCUT2D eigenvalue weighted by Crippen LogP contribution is 2.15. The maximum Gasteiger partial charge on any atom is 0.261 e. The Balaban J connectivity index is 1.44. The predicted octanol–water partition coefficient (Wildman–Crippen LogP) is 2.90. The summed E-state index contributed by atoms with van der Waals surface area (Å²) in [7, 11) is 1.96. The number of nitrogens with zero attached hydrogens (tertiary/aromatic N) is 2.